The summed E-state index contributed by atoms with van der Waals surface area (Å²) in [5, 5.41) is 5.29. The summed E-state index contributed by atoms with van der Waals surface area (Å²) in [6, 6.07) is 12.6. The van der Waals surface area contributed by atoms with Crippen molar-refractivity contribution in [3.05, 3.63) is 58.6 Å². The van der Waals surface area contributed by atoms with Gasteiger partial charge in [-0.25, -0.2) is 4.79 Å². The number of nitrogens with one attached hydrogen (secondary N) is 2. The summed E-state index contributed by atoms with van der Waals surface area (Å²) >= 11 is 3.39. The second-order valence-corrected chi connectivity index (χ2v) is 7.10. The van der Waals surface area contributed by atoms with Crippen molar-refractivity contribution in [2.24, 2.45) is 0 Å². The van der Waals surface area contributed by atoms with Crippen molar-refractivity contribution in [2.45, 2.75) is 11.3 Å². The minimum Gasteiger partial charge on any atom is -0.338 e. The first-order chi connectivity index (χ1) is 10.8. The maximum atomic E-state index is 11.8. The molecule has 0 aliphatic heterocycles. The maximum absolute atomic E-state index is 11.8. The number of urea groups is 1. The Morgan fingerprint density at radius 3 is 2.43 bits per heavy atom. The van der Waals surface area contributed by atoms with Crippen molar-refractivity contribution in [3.8, 4) is 0 Å². The molecule has 0 fully saturated rings. The Morgan fingerprint density at radius 1 is 1.13 bits per heavy atom. The third-order valence-electron chi connectivity index (χ3n) is 3.00. The standard InChI is InChI=1S/C15H15BrN2O4S/c16-12-3-1-2-11(10-12)8-9-17-15(19)18-13-4-6-14(7-5-13)23(20,21)22/h1-7,10H,8-9H2,(H2,17,18,19)(H,20,21,22). The number of amides is 2. The number of hydrogen-bond acceptors (Lipinski definition) is 3. The molecule has 0 saturated heterocycles. The van der Waals surface area contributed by atoms with E-state index in [2.05, 4.69) is 26.6 Å². The molecule has 2 aromatic carbocycles. The van der Waals surface area contributed by atoms with Gasteiger partial charge in [-0.1, -0.05) is 28.1 Å². The molecule has 0 spiro atoms. The molecule has 0 aliphatic carbocycles. The first kappa shape index (κ1) is 17.5. The van der Waals surface area contributed by atoms with Crippen LogP contribution in [0, 0.1) is 0 Å². The fourth-order valence-corrected chi connectivity index (χ4v) is 2.83. The van der Waals surface area contributed by atoms with Crippen LogP contribution in [0.4, 0.5) is 10.5 Å². The van der Waals surface area contributed by atoms with Crippen LogP contribution in [0.5, 0.6) is 0 Å². The Kier molecular flexibility index (Phi) is 5.75. The molecular formula is C15H15BrN2O4S. The van der Waals surface area contributed by atoms with E-state index in [4.69, 9.17) is 4.55 Å². The second kappa shape index (κ2) is 7.58. The lowest BCUT2D eigenvalue weighted by atomic mass is 10.1. The average molecular weight is 399 g/mol. The van der Waals surface area contributed by atoms with Gasteiger partial charge in [0.05, 0.1) is 4.90 Å². The minimum atomic E-state index is -4.23. The Morgan fingerprint density at radius 2 is 1.83 bits per heavy atom. The van der Waals surface area contributed by atoms with Gasteiger partial charge in [0.1, 0.15) is 0 Å². The van der Waals surface area contributed by atoms with Crippen LogP contribution in [0.15, 0.2) is 57.9 Å². The van der Waals surface area contributed by atoms with Gasteiger partial charge in [0.25, 0.3) is 10.1 Å². The Labute approximate surface area is 142 Å². The van der Waals surface area contributed by atoms with Crippen molar-refractivity contribution in [1.29, 1.82) is 0 Å². The molecule has 2 aromatic rings. The minimum absolute atomic E-state index is 0.224. The predicted molar refractivity (Wildman–Crippen MR) is 91.1 cm³/mol. The summed E-state index contributed by atoms with van der Waals surface area (Å²) in [4.78, 5) is 11.5. The van der Waals surface area contributed by atoms with Crippen molar-refractivity contribution >= 4 is 37.8 Å². The van der Waals surface area contributed by atoms with Crippen LogP contribution in [0.3, 0.4) is 0 Å². The number of halogens is 1. The van der Waals surface area contributed by atoms with Crippen LogP contribution in [0.1, 0.15) is 5.56 Å². The van der Waals surface area contributed by atoms with E-state index in [1.807, 2.05) is 24.3 Å². The van der Waals surface area contributed by atoms with Gasteiger partial charge in [-0.2, -0.15) is 8.42 Å². The fraction of sp³-hybridized carbons (Fsp3) is 0.133. The topological polar surface area (TPSA) is 95.5 Å². The van der Waals surface area contributed by atoms with Crippen molar-refractivity contribution in [3.63, 3.8) is 0 Å². The average Bonchev–Trinajstić information content (AvgIpc) is 2.47. The number of carbonyl (C=O) groups excluding carboxylic acids is 1. The van der Waals surface area contributed by atoms with Gasteiger partial charge >= 0.3 is 6.03 Å². The molecule has 2 rings (SSSR count). The summed E-state index contributed by atoms with van der Waals surface area (Å²) in [7, 11) is -4.23. The molecule has 23 heavy (non-hydrogen) atoms. The van der Waals surface area contributed by atoms with E-state index >= 15 is 0 Å². The third kappa shape index (κ3) is 5.66. The molecule has 122 valence electrons. The zero-order valence-electron chi connectivity index (χ0n) is 12.0. The van der Waals surface area contributed by atoms with Gasteiger partial charge in [-0.15, -0.1) is 0 Å². The summed E-state index contributed by atoms with van der Waals surface area (Å²) in [5.41, 5.74) is 1.52. The molecule has 8 heteroatoms. The smallest absolute Gasteiger partial charge is 0.319 e. The SMILES string of the molecule is O=C(NCCc1cccc(Br)c1)Nc1ccc(S(=O)(=O)O)cc1. The Balaban J connectivity index is 1.83. The third-order valence-corrected chi connectivity index (χ3v) is 4.36. The highest BCUT2D eigenvalue weighted by molar-refractivity contribution is 9.10. The van der Waals surface area contributed by atoms with E-state index in [0.717, 1.165) is 10.0 Å². The van der Waals surface area contributed by atoms with Crippen molar-refractivity contribution in [1.82, 2.24) is 5.32 Å². The van der Waals surface area contributed by atoms with Crippen LogP contribution in [-0.2, 0) is 16.5 Å². The zero-order chi connectivity index (χ0) is 16.9. The largest absolute Gasteiger partial charge is 0.338 e. The van der Waals surface area contributed by atoms with Crippen LogP contribution in [0.2, 0.25) is 0 Å². The first-order valence-corrected chi connectivity index (χ1v) is 8.95. The van der Waals surface area contributed by atoms with Crippen LogP contribution in [0.25, 0.3) is 0 Å². The number of benzene rings is 2. The maximum Gasteiger partial charge on any atom is 0.319 e. The van der Waals surface area contributed by atoms with E-state index in [-0.39, 0.29) is 10.9 Å². The zero-order valence-corrected chi connectivity index (χ0v) is 14.4. The highest BCUT2D eigenvalue weighted by atomic mass is 79.9. The molecular weight excluding hydrogens is 384 g/mol. The molecule has 0 saturated carbocycles. The van der Waals surface area contributed by atoms with Gasteiger partial charge in [0.15, 0.2) is 0 Å². The number of rotatable bonds is 5. The normalized spacial score (nSPS) is 11.0. The monoisotopic (exact) mass is 398 g/mol. The molecule has 6 nitrogen and oxygen atoms in total. The Bertz CT molecular complexity index is 791. The molecule has 2 amide bonds. The second-order valence-electron chi connectivity index (χ2n) is 4.76. The lowest BCUT2D eigenvalue weighted by Crippen LogP contribution is -2.30. The molecule has 0 aromatic heterocycles. The molecule has 0 radical (unpaired) electrons. The van der Waals surface area contributed by atoms with Crippen molar-refractivity contribution in [2.75, 3.05) is 11.9 Å². The number of anilines is 1. The summed E-state index contributed by atoms with van der Waals surface area (Å²) in [6.45, 7) is 0.464. The highest BCUT2D eigenvalue weighted by Gasteiger charge is 2.09. The van der Waals surface area contributed by atoms with E-state index in [1.54, 1.807) is 0 Å². The van der Waals surface area contributed by atoms with Gasteiger partial charge in [-0.05, 0) is 48.4 Å². The van der Waals surface area contributed by atoms with E-state index < -0.39 is 10.1 Å². The molecule has 0 heterocycles. The van der Waals surface area contributed by atoms with Gasteiger partial charge in [0, 0.05) is 16.7 Å². The predicted octanol–water partition coefficient (Wildman–Crippen LogP) is 3.06. The van der Waals surface area contributed by atoms with Crippen LogP contribution < -0.4 is 10.6 Å². The van der Waals surface area contributed by atoms with Gasteiger partial charge in [0.2, 0.25) is 0 Å². The molecule has 0 unspecified atom stereocenters. The van der Waals surface area contributed by atoms with E-state index in [1.165, 1.54) is 24.3 Å². The molecule has 3 N–H and O–H groups in total. The fourth-order valence-electron chi connectivity index (χ4n) is 1.90. The first-order valence-electron chi connectivity index (χ1n) is 6.71. The molecule has 0 atom stereocenters. The summed E-state index contributed by atoms with van der Waals surface area (Å²) in [5.74, 6) is 0. The highest BCUT2D eigenvalue weighted by Crippen LogP contribution is 2.14. The van der Waals surface area contributed by atoms with E-state index in [0.29, 0.717) is 18.7 Å². The van der Waals surface area contributed by atoms with Crippen LogP contribution >= 0.6 is 15.9 Å². The lowest BCUT2D eigenvalue weighted by molar-refractivity contribution is 0.252. The summed E-state index contributed by atoms with van der Waals surface area (Å²) < 4.78 is 31.7. The number of carbonyl (C=O) groups is 1. The lowest BCUT2D eigenvalue weighted by Gasteiger charge is -2.08. The quantitative estimate of drug-likeness (QED) is 0.674. The Hall–Kier alpha value is -1.90. The molecule has 0 bridgehead atoms. The number of hydrogen-bond donors (Lipinski definition) is 3. The summed E-state index contributed by atoms with van der Waals surface area (Å²) in [6.07, 6.45) is 0.689. The van der Waals surface area contributed by atoms with Crippen LogP contribution in [-0.4, -0.2) is 25.5 Å². The van der Waals surface area contributed by atoms with Gasteiger partial charge < -0.3 is 10.6 Å². The van der Waals surface area contributed by atoms with E-state index in [9.17, 15) is 13.2 Å². The molecule has 0 aliphatic rings. The van der Waals surface area contributed by atoms with Gasteiger partial charge in [-0.3, -0.25) is 4.55 Å². The van der Waals surface area contributed by atoms with Crippen molar-refractivity contribution < 1.29 is 17.8 Å².